The van der Waals surface area contributed by atoms with Crippen LogP contribution in [0.1, 0.15) is 25.2 Å². The average Bonchev–Trinajstić information content (AvgIpc) is 2.42. The van der Waals surface area contributed by atoms with E-state index >= 15 is 0 Å². The zero-order valence-corrected chi connectivity index (χ0v) is 10.8. The van der Waals surface area contributed by atoms with Crippen LogP contribution in [-0.4, -0.2) is 52.9 Å². The minimum atomic E-state index is 0.0357. The van der Waals surface area contributed by atoms with Gasteiger partial charge in [-0.3, -0.25) is 9.98 Å². The molecule has 1 rings (SSSR count). The Morgan fingerprint density at radius 1 is 1.00 bits per heavy atom. The molecule has 1 aromatic heterocycles. The smallest absolute Gasteiger partial charge is 0.0845 e. The minimum absolute atomic E-state index is 0.0357. The molecule has 1 heterocycles. The van der Waals surface area contributed by atoms with E-state index in [4.69, 9.17) is 10.2 Å². The summed E-state index contributed by atoms with van der Waals surface area (Å²) in [6, 6.07) is 5.64. The van der Waals surface area contributed by atoms with Gasteiger partial charge < -0.3 is 10.2 Å². The molecular weight excluding hydrogens is 230 g/mol. The monoisotopic (exact) mass is 249 g/mol. The van der Waals surface area contributed by atoms with Gasteiger partial charge in [-0.05, 0) is 26.0 Å². The molecule has 0 bridgehead atoms. The molecule has 2 N–H and O–H groups in total. The van der Waals surface area contributed by atoms with Crippen LogP contribution in [0.5, 0.6) is 0 Å². The van der Waals surface area contributed by atoms with E-state index in [1.807, 2.05) is 32.0 Å². The number of aromatic nitrogens is 1. The Morgan fingerprint density at radius 2 is 1.44 bits per heavy atom. The van der Waals surface area contributed by atoms with Crippen LogP contribution >= 0.6 is 0 Å². The highest BCUT2D eigenvalue weighted by Gasteiger charge is 2.03. The van der Waals surface area contributed by atoms with Crippen molar-refractivity contribution in [3.05, 3.63) is 29.6 Å². The van der Waals surface area contributed by atoms with E-state index in [0.717, 1.165) is 22.8 Å². The highest BCUT2D eigenvalue weighted by atomic mass is 16.3. The third kappa shape index (κ3) is 4.35. The largest absolute Gasteiger partial charge is 0.394 e. The molecule has 0 radical (unpaired) electrons. The normalized spacial score (nSPS) is 12.9. The van der Waals surface area contributed by atoms with Crippen molar-refractivity contribution in [2.75, 3.05) is 26.3 Å². The lowest BCUT2D eigenvalue weighted by atomic mass is 10.2. The molecule has 5 heteroatoms. The van der Waals surface area contributed by atoms with E-state index in [1.165, 1.54) is 0 Å². The molecule has 0 unspecified atom stereocenters. The summed E-state index contributed by atoms with van der Waals surface area (Å²) >= 11 is 0. The van der Waals surface area contributed by atoms with E-state index in [9.17, 15) is 0 Å². The molecule has 0 fully saturated rings. The van der Waals surface area contributed by atoms with Gasteiger partial charge in [0.25, 0.3) is 0 Å². The fourth-order valence-electron chi connectivity index (χ4n) is 1.44. The molecule has 0 saturated carbocycles. The molecule has 0 spiro atoms. The summed E-state index contributed by atoms with van der Waals surface area (Å²) in [4.78, 5) is 12.9. The Labute approximate surface area is 107 Å². The van der Waals surface area contributed by atoms with Gasteiger partial charge in [0.05, 0.1) is 49.1 Å². The van der Waals surface area contributed by atoms with Gasteiger partial charge in [0.1, 0.15) is 0 Å². The number of aliphatic hydroxyl groups is 2. The molecule has 0 aromatic carbocycles. The van der Waals surface area contributed by atoms with Crippen molar-refractivity contribution in [3.63, 3.8) is 0 Å². The summed E-state index contributed by atoms with van der Waals surface area (Å²) in [5.41, 5.74) is 3.14. The van der Waals surface area contributed by atoms with Gasteiger partial charge >= 0.3 is 0 Å². The molecular formula is C13H19N3O2. The molecule has 98 valence electrons. The molecule has 0 atom stereocenters. The number of aliphatic imine (C=N–C) groups is 2. The van der Waals surface area contributed by atoms with Crippen LogP contribution in [0.15, 0.2) is 28.2 Å². The van der Waals surface area contributed by atoms with E-state index in [-0.39, 0.29) is 13.2 Å². The third-order valence-electron chi connectivity index (χ3n) is 2.39. The Kier molecular flexibility index (Phi) is 6.18. The van der Waals surface area contributed by atoms with Crippen molar-refractivity contribution in [2.24, 2.45) is 9.98 Å². The van der Waals surface area contributed by atoms with Crippen molar-refractivity contribution in [1.82, 2.24) is 4.98 Å². The number of hydrogen-bond donors (Lipinski definition) is 2. The summed E-state index contributed by atoms with van der Waals surface area (Å²) in [5.74, 6) is 0. The van der Waals surface area contributed by atoms with Crippen LogP contribution in [0.25, 0.3) is 0 Å². The number of aliphatic hydroxyl groups excluding tert-OH is 2. The predicted molar refractivity (Wildman–Crippen MR) is 72.6 cm³/mol. The van der Waals surface area contributed by atoms with Crippen molar-refractivity contribution in [2.45, 2.75) is 13.8 Å². The van der Waals surface area contributed by atoms with E-state index < -0.39 is 0 Å². The molecule has 18 heavy (non-hydrogen) atoms. The molecule has 1 aromatic rings. The summed E-state index contributed by atoms with van der Waals surface area (Å²) < 4.78 is 0. The van der Waals surface area contributed by atoms with Gasteiger partial charge in [-0.15, -0.1) is 0 Å². The van der Waals surface area contributed by atoms with Crippen LogP contribution in [0, 0.1) is 0 Å². The molecule has 0 aliphatic heterocycles. The second kappa shape index (κ2) is 7.68. The summed E-state index contributed by atoms with van der Waals surface area (Å²) in [7, 11) is 0. The SMILES string of the molecule is CC(=NCCO)c1cccc(C(C)=NCCO)n1. The average molecular weight is 249 g/mol. The number of pyridine rings is 1. The number of rotatable bonds is 6. The zero-order valence-electron chi connectivity index (χ0n) is 10.8. The van der Waals surface area contributed by atoms with Gasteiger partial charge in [-0.25, -0.2) is 4.98 Å². The summed E-state index contributed by atoms with van der Waals surface area (Å²) in [6.07, 6.45) is 0. The molecule has 0 aliphatic carbocycles. The van der Waals surface area contributed by atoms with Crippen LogP contribution in [-0.2, 0) is 0 Å². The fourth-order valence-corrected chi connectivity index (χ4v) is 1.44. The summed E-state index contributed by atoms with van der Waals surface area (Å²) in [6.45, 7) is 4.57. The minimum Gasteiger partial charge on any atom is -0.394 e. The first-order valence-electron chi connectivity index (χ1n) is 5.90. The molecule has 5 nitrogen and oxygen atoms in total. The van der Waals surface area contributed by atoms with Gasteiger partial charge in [0, 0.05) is 0 Å². The van der Waals surface area contributed by atoms with Crippen molar-refractivity contribution >= 4 is 11.4 Å². The van der Waals surface area contributed by atoms with Crippen LogP contribution in [0.2, 0.25) is 0 Å². The Hall–Kier alpha value is -1.59. The Morgan fingerprint density at radius 3 is 1.83 bits per heavy atom. The van der Waals surface area contributed by atoms with Gasteiger partial charge in [0.15, 0.2) is 0 Å². The quantitative estimate of drug-likeness (QED) is 0.728. The predicted octanol–water partition coefficient (Wildman–Crippen LogP) is 0.684. The van der Waals surface area contributed by atoms with Crippen molar-refractivity contribution in [3.8, 4) is 0 Å². The zero-order chi connectivity index (χ0) is 13.4. The Bertz CT molecular complexity index is 404. The van der Waals surface area contributed by atoms with Crippen molar-refractivity contribution in [1.29, 1.82) is 0 Å². The lowest BCUT2D eigenvalue weighted by Gasteiger charge is -2.04. The lowest BCUT2D eigenvalue weighted by Crippen LogP contribution is -2.07. The van der Waals surface area contributed by atoms with E-state index in [2.05, 4.69) is 15.0 Å². The fraction of sp³-hybridized carbons (Fsp3) is 0.462. The lowest BCUT2D eigenvalue weighted by molar-refractivity contribution is 0.306. The molecule has 0 saturated heterocycles. The number of nitrogens with zero attached hydrogens (tertiary/aromatic N) is 3. The Balaban J connectivity index is 2.92. The first-order chi connectivity index (χ1) is 8.69. The van der Waals surface area contributed by atoms with E-state index in [1.54, 1.807) is 0 Å². The van der Waals surface area contributed by atoms with Crippen molar-refractivity contribution < 1.29 is 10.2 Å². The third-order valence-corrected chi connectivity index (χ3v) is 2.39. The maximum absolute atomic E-state index is 8.73. The van der Waals surface area contributed by atoms with E-state index in [0.29, 0.717) is 13.1 Å². The van der Waals surface area contributed by atoms with Crippen LogP contribution in [0.4, 0.5) is 0 Å². The second-order valence-electron chi connectivity index (χ2n) is 3.79. The maximum Gasteiger partial charge on any atom is 0.0845 e. The van der Waals surface area contributed by atoms with Crippen LogP contribution in [0.3, 0.4) is 0 Å². The maximum atomic E-state index is 8.73. The molecule has 0 aliphatic rings. The first-order valence-corrected chi connectivity index (χ1v) is 5.90. The summed E-state index contributed by atoms with van der Waals surface area (Å²) in [5, 5.41) is 17.5. The molecule has 0 amide bonds. The van der Waals surface area contributed by atoms with Gasteiger partial charge in [0.2, 0.25) is 0 Å². The van der Waals surface area contributed by atoms with Crippen LogP contribution < -0.4 is 0 Å². The standard InChI is InChI=1S/C13H19N3O2/c1-10(14-6-8-17)12-4-3-5-13(16-12)11(2)15-7-9-18/h3-5,17-18H,6-9H2,1-2H3. The number of hydrogen-bond acceptors (Lipinski definition) is 5. The second-order valence-corrected chi connectivity index (χ2v) is 3.79. The van der Waals surface area contributed by atoms with Gasteiger partial charge in [-0.2, -0.15) is 0 Å². The highest BCUT2D eigenvalue weighted by Crippen LogP contribution is 2.03. The topological polar surface area (TPSA) is 78.1 Å². The van der Waals surface area contributed by atoms with Gasteiger partial charge in [-0.1, -0.05) is 6.07 Å². The first kappa shape index (κ1) is 14.5. The highest BCUT2D eigenvalue weighted by molar-refractivity contribution is 6.00.